The van der Waals surface area contributed by atoms with Crippen molar-refractivity contribution in [2.75, 3.05) is 20.7 Å². The Morgan fingerprint density at radius 3 is 2.55 bits per heavy atom. The second-order valence-corrected chi connectivity index (χ2v) is 3.15. The molecule has 0 aliphatic carbocycles. The Labute approximate surface area is 73.7 Å². The predicted molar refractivity (Wildman–Crippen MR) is 50.2 cm³/mol. The fourth-order valence-corrected chi connectivity index (χ4v) is 0.644. The number of thiocarbonyl (C=S) groups is 1. The fraction of sp³-hybridized carbons (Fsp3) is 0.857. The summed E-state index contributed by atoms with van der Waals surface area (Å²) in [7, 11) is 3.36. The Bertz CT molecular complexity index is 128. The van der Waals surface area contributed by atoms with E-state index in [0.29, 0.717) is 11.0 Å². The van der Waals surface area contributed by atoms with E-state index >= 15 is 0 Å². The van der Waals surface area contributed by atoms with Gasteiger partial charge in [0.1, 0.15) is 0 Å². The Hall–Kier alpha value is -0.350. The highest BCUT2D eigenvalue weighted by atomic mass is 32.1. The Morgan fingerprint density at radius 2 is 2.18 bits per heavy atom. The van der Waals surface area contributed by atoms with E-state index < -0.39 is 0 Å². The lowest BCUT2D eigenvalue weighted by Gasteiger charge is -2.18. The Balaban J connectivity index is 3.52. The van der Waals surface area contributed by atoms with E-state index in [0.717, 1.165) is 6.54 Å². The first-order chi connectivity index (χ1) is 5.07. The van der Waals surface area contributed by atoms with Crippen LogP contribution < -0.4 is 5.32 Å². The van der Waals surface area contributed by atoms with Crippen molar-refractivity contribution in [3.63, 3.8) is 0 Å². The number of nitrogens with zero attached hydrogens (tertiary/aromatic N) is 1. The third kappa shape index (κ3) is 4.98. The van der Waals surface area contributed by atoms with Crippen molar-refractivity contribution in [2.24, 2.45) is 5.92 Å². The van der Waals surface area contributed by atoms with E-state index in [2.05, 4.69) is 19.2 Å². The Morgan fingerprint density at radius 1 is 1.64 bits per heavy atom. The van der Waals surface area contributed by atoms with Gasteiger partial charge in [-0.1, -0.05) is 13.8 Å². The fourth-order valence-electron chi connectivity index (χ4n) is 0.486. The maximum atomic E-state index is 4.98. The Kier molecular flexibility index (Phi) is 5.15. The number of rotatable bonds is 3. The summed E-state index contributed by atoms with van der Waals surface area (Å²) in [5, 5.41) is 5.22. The molecule has 0 aliphatic heterocycles. The second-order valence-electron chi connectivity index (χ2n) is 2.76. The van der Waals surface area contributed by atoms with E-state index in [4.69, 9.17) is 17.1 Å². The maximum absolute atomic E-state index is 4.98. The molecule has 0 saturated heterocycles. The SMILES string of the molecule is CON(C)C(=S)NCC(C)C. The smallest absolute Gasteiger partial charge is 0.192 e. The van der Waals surface area contributed by atoms with Crippen LogP contribution in [-0.4, -0.2) is 30.9 Å². The standard InChI is InChI=1S/C7H16N2OS/c1-6(2)5-8-7(11)9(3)10-4/h6H,5H2,1-4H3,(H,8,11). The monoisotopic (exact) mass is 176 g/mol. The second kappa shape index (κ2) is 5.32. The highest BCUT2D eigenvalue weighted by molar-refractivity contribution is 7.80. The van der Waals surface area contributed by atoms with Crippen LogP contribution in [0.5, 0.6) is 0 Å². The summed E-state index contributed by atoms with van der Waals surface area (Å²) in [5.41, 5.74) is 0. The normalized spacial score (nSPS) is 9.91. The molecular weight excluding hydrogens is 160 g/mol. The predicted octanol–water partition coefficient (Wildman–Crippen LogP) is 1.01. The van der Waals surface area contributed by atoms with E-state index in [1.54, 1.807) is 14.2 Å². The summed E-state index contributed by atoms with van der Waals surface area (Å²) in [6.45, 7) is 5.14. The first-order valence-corrected chi connectivity index (χ1v) is 4.04. The van der Waals surface area contributed by atoms with Crippen molar-refractivity contribution >= 4 is 17.3 Å². The zero-order chi connectivity index (χ0) is 8.85. The van der Waals surface area contributed by atoms with Crippen molar-refractivity contribution in [1.82, 2.24) is 10.4 Å². The van der Waals surface area contributed by atoms with Crippen LogP contribution in [0.4, 0.5) is 0 Å². The van der Waals surface area contributed by atoms with Crippen LogP contribution in [0, 0.1) is 5.92 Å². The third-order valence-corrected chi connectivity index (χ3v) is 1.62. The molecule has 0 radical (unpaired) electrons. The largest absolute Gasteiger partial charge is 0.361 e. The molecule has 0 saturated carbocycles. The highest BCUT2D eigenvalue weighted by Crippen LogP contribution is 1.89. The average molecular weight is 176 g/mol. The molecule has 0 spiro atoms. The van der Waals surface area contributed by atoms with Crippen LogP contribution >= 0.6 is 12.2 Å². The molecule has 0 rings (SSSR count). The van der Waals surface area contributed by atoms with E-state index in [1.807, 2.05) is 0 Å². The zero-order valence-corrected chi connectivity index (χ0v) is 8.36. The number of hydrogen-bond donors (Lipinski definition) is 1. The summed E-state index contributed by atoms with van der Waals surface area (Å²) in [5.74, 6) is 0.596. The zero-order valence-electron chi connectivity index (χ0n) is 7.55. The molecule has 3 nitrogen and oxygen atoms in total. The summed E-state index contributed by atoms with van der Waals surface area (Å²) < 4.78 is 0. The molecule has 66 valence electrons. The van der Waals surface area contributed by atoms with Crippen molar-refractivity contribution in [3.05, 3.63) is 0 Å². The van der Waals surface area contributed by atoms with E-state index in [-0.39, 0.29) is 0 Å². The summed E-state index contributed by atoms with van der Waals surface area (Å²) in [6, 6.07) is 0. The quantitative estimate of drug-likeness (QED) is 0.512. The molecule has 4 heteroatoms. The molecule has 0 unspecified atom stereocenters. The van der Waals surface area contributed by atoms with Gasteiger partial charge in [-0.15, -0.1) is 0 Å². The molecule has 11 heavy (non-hydrogen) atoms. The van der Waals surface area contributed by atoms with Crippen LogP contribution in [0.3, 0.4) is 0 Å². The van der Waals surface area contributed by atoms with Gasteiger partial charge in [-0.2, -0.15) is 0 Å². The first-order valence-electron chi connectivity index (χ1n) is 3.63. The number of hydrogen-bond acceptors (Lipinski definition) is 2. The van der Waals surface area contributed by atoms with Crippen LogP contribution in [0.25, 0.3) is 0 Å². The van der Waals surface area contributed by atoms with Crippen LogP contribution in [0.2, 0.25) is 0 Å². The summed E-state index contributed by atoms with van der Waals surface area (Å²) >= 11 is 4.98. The van der Waals surface area contributed by atoms with Crippen LogP contribution in [0.15, 0.2) is 0 Å². The lowest BCUT2D eigenvalue weighted by molar-refractivity contribution is -0.0424. The molecule has 0 bridgehead atoms. The third-order valence-electron chi connectivity index (χ3n) is 1.22. The van der Waals surface area contributed by atoms with Crippen molar-refractivity contribution < 1.29 is 4.84 Å². The van der Waals surface area contributed by atoms with Gasteiger partial charge in [-0.05, 0) is 18.1 Å². The van der Waals surface area contributed by atoms with Crippen LogP contribution in [0.1, 0.15) is 13.8 Å². The van der Waals surface area contributed by atoms with Gasteiger partial charge in [0, 0.05) is 13.6 Å². The van der Waals surface area contributed by atoms with E-state index in [1.165, 1.54) is 5.06 Å². The number of hydroxylamine groups is 2. The highest BCUT2D eigenvalue weighted by Gasteiger charge is 2.01. The van der Waals surface area contributed by atoms with Gasteiger partial charge in [-0.3, -0.25) is 4.84 Å². The molecule has 0 fully saturated rings. The molecule has 0 aromatic rings. The summed E-state index contributed by atoms with van der Waals surface area (Å²) in [4.78, 5) is 4.87. The molecule has 0 aromatic carbocycles. The van der Waals surface area contributed by atoms with Gasteiger partial charge >= 0.3 is 0 Å². The minimum Gasteiger partial charge on any atom is -0.361 e. The van der Waals surface area contributed by atoms with Crippen LogP contribution in [-0.2, 0) is 4.84 Å². The minimum absolute atomic E-state index is 0.596. The molecule has 0 amide bonds. The van der Waals surface area contributed by atoms with Gasteiger partial charge < -0.3 is 5.32 Å². The molecule has 0 atom stereocenters. The van der Waals surface area contributed by atoms with Gasteiger partial charge in [0.25, 0.3) is 0 Å². The number of nitrogens with one attached hydrogen (secondary N) is 1. The van der Waals surface area contributed by atoms with Crippen molar-refractivity contribution in [1.29, 1.82) is 0 Å². The molecule has 0 aromatic heterocycles. The van der Waals surface area contributed by atoms with Gasteiger partial charge in [0.05, 0.1) is 7.11 Å². The first kappa shape index (κ1) is 10.7. The van der Waals surface area contributed by atoms with Crippen molar-refractivity contribution in [3.8, 4) is 0 Å². The summed E-state index contributed by atoms with van der Waals surface area (Å²) in [6.07, 6.45) is 0. The molecule has 0 aliphatic rings. The molecular formula is C7H16N2OS. The lowest BCUT2D eigenvalue weighted by Crippen LogP contribution is -2.37. The lowest BCUT2D eigenvalue weighted by atomic mass is 10.2. The average Bonchev–Trinajstić information content (AvgIpc) is 1.98. The van der Waals surface area contributed by atoms with Gasteiger partial charge in [0.15, 0.2) is 5.11 Å². The minimum atomic E-state index is 0.596. The topological polar surface area (TPSA) is 24.5 Å². The molecule has 1 N–H and O–H groups in total. The van der Waals surface area contributed by atoms with Gasteiger partial charge in [0.2, 0.25) is 0 Å². The maximum Gasteiger partial charge on any atom is 0.192 e. The van der Waals surface area contributed by atoms with Gasteiger partial charge in [-0.25, -0.2) is 5.06 Å². The van der Waals surface area contributed by atoms with E-state index in [9.17, 15) is 0 Å². The molecule has 0 heterocycles. The van der Waals surface area contributed by atoms with Crippen molar-refractivity contribution in [2.45, 2.75) is 13.8 Å².